The lowest BCUT2D eigenvalue weighted by molar-refractivity contribution is 0.405. The maximum atomic E-state index is 14.7. The molecule has 0 aliphatic carbocycles. The van der Waals surface area contributed by atoms with E-state index < -0.39 is 0 Å². The van der Waals surface area contributed by atoms with Crippen LogP contribution in [0.5, 0.6) is 0 Å². The summed E-state index contributed by atoms with van der Waals surface area (Å²) >= 11 is 0. The number of aromatic nitrogens is 1. The molecule has 0 N–H and O–H groups in total. The van der Waals surface area contributed by atoms with Crippen LogP contribution in [0, 0.1) is 0 Å². The first-order chi connectivity index (χ1) is 13.3. The Hall–Kier alpha value is -3.59. The third kappa shape index (κ3) is 2.56. The quantitative estimate of drug-likeness (QED) is 0.339. The Kier molecular flexibility index (Phi) is 3.65. The highest BCUT2D eigenvalue weighted by molar-refractivity contribution is 6.09. The molecule has 5 aromatic rings. The fraction of sp³-hybridized carbons (Fsp3) is 0. The van der Waals surface area contributed by atoms with E-state index in [1.807, 2.05) is 66.7 Å². The second kappa shape index (κ2) is 6.29. The van der Waals surface area contributed by atoms with Gasteiger partial charge in [-0.3, -0.25) is 0 Å². The van der Waals surface area contributed by atoms with E-state index in [-0.39, 0.29) is 0 Å². The van der Waals surface area contributed by atoms with Crippen LogP contribution >= 0.6 is 0 Å². The van der Waals surface area contributed by atoms with Gasteiger partial charge in [-0.15, -0.1) is 0 Å². The van der Waals surface area contributed by atoms with Gasteiger partial charge in [0.2, 0.25) is 0 Å². The molecule has 0 aliphatic heterocycles. The van der Waals surface area contributed by atoms with Crippen molar-refractivity contribution in [2.45, 2.75) is 0 Å². The number of hydrogen-bond acceptors (Lipinski definition) is 1. The van der Waals surface area contributed by atoms with Crippen molar-refractivity contribution in [3.63, 3.8) is 0 Å². The molecule has 0 amide bonds. The first-order valence-corrected chi connectivity index (χ1v) is 8.92. The predicted molar refractivity (Wildman–Crippen MR) is 111 cm³/mol. The normalized spacial score (nSPS) is 11.1. The largest absolute Gasteiger partial charge is 0.310 e. The van der Waals surface area contributed by atoms with E-state index in [0.29, 0.717) is 11.0 Å². The number of para-hydroxylation sites is 3. The molecule has 0 spiro atoms. The smallest absolute Gasteiger partial charge is 0.0827 e. The van der Waals surface area contributed by atoms with E-state index in [4.69, 9.17) is 0 Å². The lowest BCUT2D eigenvalue weighted by Crippen LogP contribution is -2.09. The lowest BCUT2D eigenvalue weighted by Gasteiger charge is -2.25. The van der Waals surface area contributed by atoms with Crippen molar-refractivity contribution < 1.29 is 4.48 Å². The first kappa shape index (κ1) is 15.6. The second-order valence-electron chi connectivity index (χ2n) is 6.51. The molecule has 0 saturated carbocycles. The fourth-order valence-electron chi connectivity index (χ4n) is 3.65. The number of nitrogens with zero attached hydrogens (tertiary/aromatic N) is 2. The average molecular weight is 352 g/mol. The second-order valence-corrected chi connectivity index (χ2v) is 6.51. The summed E-state index contributed by atoms with van der Waals surface area (Å²) in [6.45, 7) is 0. The van der Waals surface area contributed by atoms with Gasteiger partial charge >= 0.3 is 0 Å². The molecule has 0 atom stereocenters. The summed E-state index contributed by atoms with van der Waals surface area (Å²) in [5, 5.41) is 1.82. The third-order valence-corrected chi connectivity index (χ3v) is 4.88. The minimum atomic E-state index is 0.584. The number of fused-ring (bicyclic) bond motifs is 3. The van der Waals surface area contributed by atoms with Crippen LogP contribution in [0.2, 0.25) is 0 Å². The molecule has 1 heterocycles. The van der Waals surface area contributed by atoms with E-state index in [9.17, 15) is 4.48 Å². The van der Waals surface area contributed by atoms with Crippen LogP contribution in [-0.4, -0.2) is 4.79 Å². The highest BCUT2D eigenvalue weighted by Crippen LogP contribution is 2.38. The molecule has 1 aromatic heterocycles. The number of benzene rings is 4. The van der Waals surface area contributed by atoms with Crippen LogP contribution in [-0.2, 0) is 0 Å². The summed E-state index contributed by atoms with van der Waals surface area (Å²) in [4.78, 5) is 2.95. The van der Waals surface area contributed by atoms with Gasteiger partial charge in [0.1, 0.15) is 0 Å². The monoisotopic (exact) mass is 352 g/mol. The Labute approximate surface area is 156 Å². The zero-order chi connectivity index (χ0) is 18.2. The van der Waals surface area contributed by atoms with Crippen molar-refractivity contribution in [2.75, 3.05) is 4.90 Å². The molecule has 0 bridgehead atoms. The molecule has 5 rings (SSSR count). The minimum Gasteiger partial charge on any atom is -0.310 e. The maximum absolute atomic E-state index is 14.7. The van der Waals surface area contributed by atoms with Gasteiger partial charge in [-0.05, 0) is 48.5 Å². The van der Waals surface area contributed by atoms with Crippen LogP contribution < -0.4 is 4.90 Å². The molecule has 0 aliphatic rings. The van der Waals surface area contributed by atoms with Crippen molar-refractivity contribution in [1.82, 2.24) is 4.79 Å². The number of anilines is 3. The number of rotatable bonds is 3. The Morgan fingerprint density at radius 3 is 1.74 bits per heavy atom. The zero-order valence-corrected chi connectivity index (χ0v) is 14.6. The van der Waals surface area contributed by atoms with E-state index in [0.717, 1.165) is 32.6 Å². The van der Waals surface area contributed by atoms with Gasteiger partial charge in [-0.1, -0.05) is 59.1 Å². The number of halogens is 1. The average Bonchev–Trinajstić information content (AvgIpc) is 3.02. The zero-order valence-electron chi connectivity index (χ0n) is 14.6. The van der Waals surface area contributed by atoms with Gasteiger partial charge < -0.3 is 4.90 Å². The van der Waals surface area contributed by atoms with Gasteiger partial charge in [-0.25, -0.2) is 0 Å². The summed E-state index contributed by atoms with van der Waals surface area (Å²) in [7, 11) is 0. The molecule has 3 heteroatoms. The van der Waals surface area contributed by atoms with Gasteiger partial charge in [0.05, 0.1) is 11.0 Å². The number of hydrogen-bond donors (Lipinski definition) is 0. The van der Waals surface area contributed by atoms with E-state index in [2.05, 4.69) is 35.2 Å². The van der Waals surface area contributed by atoms with Gasteiger partial charge in [0.25, 0.3) is 0 Å². The van der Waals surface area contributed by atoms with Crippen LogP contribution in [0.15, 0.2) is 103 Å². The highest BCUT2D eigenvalue weighted by Gasteiger charge is 2.15. The van der Waals surface area contributed by atoms with Crippen LogP contribution in [0.4, 0.5) is 21.5 Å². The van der Waals surface area contributed by atoms with Gasteiger partial charge in [-0.2, -0.15) is 4.79 Å². The van der Waals surface area contributed by atoms with Crippen LogP contribution in [0.1, 0.15) is 0 Å². The molecule has 0 unspecified atom stereocenters. The van der Waals surface area contributed by atoms with Crippen LogP contribution in [0.25, 0.3) is 21.8 Å². The first-order valence-electron chi connectivity index (χ1n) is 8.92. The molecular weight excluding hydrogens is 335 g/mol. The summed E-state index contributed by atoms with van der Waals surface area (Å²) in [6, 6.07) is 33.9. The highest BCUT2D eigenvalue weighted by atomic mass is 19.2. The van der Waals surface area contributed by atoms with Crippen molar-refractivity contribution in [2.24, 2.45) is 0 Å². The maximum Gasteiger partial charge on any atom is 0.0827 e. The Bertz CT molecular complexity index is 1190. The molecular formula is C24H17FN2. The van der Waals surface area contributed by atoms with E-state index in [1.54, 1.807) is 6.07 Å². The molecule has 4 aromatic carbocycles. The van der Waals surface area contributed by atoms with Crippen molar-refractivity contribution in [3.8, 4) is 0 Å². The van der Waals surface area contributed by atoms with E-state index in [1.165, 1.54) is 0 Å². The molecule has 0 radical (unpaired) electrons. The van der Waals surface area contributed by atoms with E-state index >= 15 is 0 Å². The molecule has 0 fully saturated rings. The standard InChI is InChI=1S/C24H17FN2/c25-27-23-14-8-7-13-21(23)22-17-20(15-16-24(22)27)26(18-9-3-1-4-10-18)19-11-5-2-6-12-19/h1-17H. The molecule has 0 saturated heterocycles. The minimum absolute atomic E-state index is 0.584. The third-order valence-electron chi connectivity index (χ3n) is 4.88. The summed E-state index contributed by atoms with van der Waals surface area (Å²) in [5.41, 5.74) is 4.30. The SMILES string of the molecule is Fn1c2ccccc2c2cc(N(c3ccccc3)c3ccccc3)ccc21. The molecule has 130 valence electrons. The Morgan fingerprint density at radius 1 is 0.519 bits per heavy atom. The van der Waals surface area contributed by atoms with Crippen molar-refractivity contribution in [1.29, 1.82) is 0 Å². The topological polar surface area (TPSA) is 8.17 Å². The predicted octanol–water partition coefficient (Wildman–Crippen LogP) is 7.00. The lowest BCUT2D eigenvalue weighted by atomic mass is 10.1. The van der Waals surface area contributed by atoms with Crippen molar-refractivity contribution in [3.05, 3.63) is 103 Å². The molecule has 2 nitrogen and oxygen atoms in total. The Morgan fingerprint density at radius 2 is 1.07 bits per heavy atom. The molecule has 27 heavy (non-hydrogen) atoms. The van der Waals surface area contributed by atoms with Crippen LogP contribution in [0.3, 0.4) is 0 Å². The Balaban J connectivity index is 1.77. The fourth-order valence-corrected chi connectivity index (χ4v) is 3.65. The van der Waals surface area contributed by atoms with Gasteiger partial charge in [0, 0.05) is 27.8 Å². The summed E-state index contributed by atoms with van der Waals surface area (Å²) in [6.07, 6.45) is 0. The summed E-state index contributed by atoms with van der Waals surface area (Å²) < 4.78 is 14.7. The summed E-state index contributed by atoms with van der Waals surface area (Å²) in [5.74, 6) is 0. The van der Waals surface area contributed by atoms with Gasteiger partial charge in [0.15, 0.2) is 0 Å². The van der Waals surface area contributed by atoms with Crippen molar-refractivity contribution >= 4 is 38.9 Å².